The highest BCUT2D eigenvalue weighted by molar-refractivity contribution is 5.62. The van der Waals surface area contributed by atoms with Gasteiger partial charge < -0.3 is 9.47 Å². The molecule has 0 aromatic rings. The zero-order chi connectivity index (χ0) is 6.74. The Kier molecular flexibility index (Phi) is 1.83. The van der Waals surface area contributed by atoms with Crippen LogP contribution >= 0.6 is 0 Å². The lowest BCUT2D eigenvalue weighted by Crippen LogP contribution is -2.41. The predicted molar refractivity (Wildman–Crippen MR) is 30.9 cm³/mol. The van der Waals surface area contributed by atoms with E-state index in [1.807, 2.05) is 0 Å². The molecule has 1 fully saturated rings. The molecule has 51 valence electrons. The Labute approximate surface area is 53.9 Å². The molecule has 0 amide bonds. The van der Waals surface area contributed by atoms with Crippen LogP contribution in [-0.4, -0.2) is 31.7 Å². The summed E-state index contributed by atoms with van der Waals surface area (Å²) in [6.07, 6.45) is 1.78. The first-order valence-corrected chi connectivity index (χ1v) is 2.88. The van der Waals surface area contributed by atoms with E-state index in [2.05, 4.69) is 0 Å². The van der Waals surface area contributed by atoms with Gasteiger partial charge in [-0.05, 0) is 6.92 Å². The minimum atomic E-state index is -0.807. The second-order valence-electron chi connectivity index (χ2n) is 2.23. The van der Waals surface area contributed by atoms with E-state index in [9.17, 15) is 4.79 Å². The van der Waals surface area contributed by atoms with Crippen LogP contribution in [0.4, 0.5) is 0 Å². The van der Waals surface area contributed by atoms with Gasteiger partial charge in [0.2, 0.25) is 6.29 Å². The Bertz CT molecular complexity index is 105. The zero-order valence-electron chi connectivity index (χ0n) is 5.35. The molecular weight excluding hydrogens is 120 g/mol. The van der Waals surface area contributed by atoms with Crippen molar-refractivity contribution in [2.45, 2.75) is 12.5 Å². The maximum Gasteiger partial charge on any atom is 0.235 e. The quantitative estimate of drug-likeness (QED) is 0.496. The number of carbonyl (C=O) groups excluding carboxylic acids is 1. The Hall–Kier alpha value is -0.410. The summed E-state index contributed by atoms with van der Waals surface area (Å²) >= 11 is 0. The van der Waals surface area contributed by atoms with Gasteiger partial charge in [0.1, 0.15) is 0 Å². The predicted octanol–water partition coefficient (Wildman–Crippen LogP) is -0.0984. The average Bonchev–Trinajstić information content (AvgIpc) is 1.90. The summed E-state index contributed by atoms with van der Waals surface area (Å²) < 4.78 is 10.1. The third-order valence-corrected chi connectivity index (χ3v) is 1.24. The molecule has 0 bridgehead atoms. The molecule has 1 aliphatic rings. The molecule has 0 aromatic heterocycles. The lowest BCUT2D eigenvalue weighted by atomic mass is 10.1. The highest BCUT2D eigenvalue weighted by Gasteiger charge is 2.28. The topological polar surface area (TPSA) is 35.5 Å². The molecule has 1 rings (SSSR count). The number of ether oxygens (including phenoxy) is 2. The maximum atomic E-state index is 10.2. The fourth-order valence-corrected chi connectivity index (χ4v) is 0.693. The lowest BCUT2D eigenvalue weighted by molar-refractivity contribution is -0.111. The molecule has 0 N–H and O–H groups in total. The molecule has 1 heterocycles. The van der Waals surface area contributed by atoms with E-state index >= 15 is 0 Å². The van der Waals surface area contributed by atoms with Crippen molar-refractivity contribution < 1.29 is 14.3 Å². The Morgan fingerprint density at radius 2 is 2.33 bits per heavy atom. The van der Waals surface area contributed by atoms with Crippen LogP contribution in [0, 0.1) is 0 Å². The van der Waals surface area contributed by atoms with E-state index < -0.39 is 5.60 Å². The van der Waals surface area contributed by atoms with Crippen molar-refractivity contribution in [3.05, 3.63) is 0 Å². The third-order valence-electron chi connectivity index (χ3n) is 1.24. The van der Waals surface area contributed by atoms with Crippen molar-refractivity contribution in [3.63, 3.8) is 0 Å². The Morgan fingerprint density at radius 1 is 1.56 bits per heavy atom. The molecule has 1 unspecified atom stereocenters. The summed E-state index contributed by atoms with van der Waals surface area (Å²) in [5.41, 5.74) is -0.807. The van der Waals surface area contributed by atoms with Gasteiger partial charge in [-0.2, -0.15) is 0 Å². The summed E-state index contributed by atoms with van der Waals surface area (Å²) in [6.45, 7) is 3.07. The van der Waals surface area contributed by atoms with Crippen LogP contribution in [0.5, 0.6) is 0 Å². The molecular formula is C6H9O3. The van der Waals surface area contributed by atoms with Gasteiger partial charge in [-0.1, -0.05) is 0 Å². The molecule has 3 nitrogen and oxygen atoms in total. The van der Waals surface area contributed by atoms with Crippen LogP contribution in [0.1, 0.15) is 6.92 Å². The van der Waals surface area contributed by atoms with Crippen molar-refractivity contribution in [1.29, 1.82) is 0 Å². The van der Waals surface area contributed by atoms with E-state index in [1.165, 1.54) is 0 Å². The normalized spacial score (nSPS) is 36.1. The molecule has 1 atom stereocenters. The first-order chi connectivity index (χ1) is 4.27. The zero-order valence-corrected chi connectivity index (χ0v) is 5.35. The average molecular weight is 129 g/mol. The summed E-state index contributed by atoms with van der Waals surface area (Å²) in [5, 5.41) is 0. The number of hydrogen-bond acceptors (Lipinski definition) is 3. The van der Waals surface area contributed by atoms with Crippen molar-refractivity contribution in [1.82, 2.24) is 0 Å². The second-order valence-corrected chi connectivity index (χ2v) is 2.23. The van der Waals surface area contributed by atoms with E-state index in [1.54, 1.807) is 13.2 Å². The fraction of sp³-hybridized carbons (Fsp3) is 0.833. The Balaban J connectivity index is 2.46. The van der Waals surface area contributed by atoms with Gasteiger partial charge in [-0.3, -0.25) is 4.79 Å². The van der Waals surface area contributed by atoms with Crippen LogP contribution in [0.25, 0.3) is 0 Å². The van der Waals surface area contributed by atoms with E-state index in [-0.39, 0.29) is 0 Å². The molecule has 1 radical (unpaired) electrons. The van der Waals surface area contributed by atoms with Crippen LogP contribution in [0.15, 0.2) is 0 Å². The van der Waals surface area contributed by atoms with Gasteiger partial charge in [0.25, 0.3) is 0 Å². The second kappa shape index (κ2) is 2.45. The first-order valence-electron chi connectivity index (χ1n) is 2.88. The van der Waals surface area contributed by atoms with Gasteiger partial charge in [0.15, 0.2) is 5.60 Å². The summed E-state index contributed by atoms with van der Waals surface area (Å²) in [4.78, 5) is 10.2. The summed E-state index contributed by atoms with van der Waals surface area (Å²) in [5.74, 6) is 0. The van der Waals surface area contributed by atoms with Crippen molar-refractivity contribution in [3.8, 4) is 0 Å². The van der Waals surface area contributed by atoms with Crippen LogP contribution in [0.3, 0.4) is 0 Å². The van der Waals surface area contributed by atoms with Gasteiger partial charge >= 0.3 is 0 Å². The SMILES string of the molecule is CC1([C]=O)COCCO1. The molecule has 3 heteroatoms. The lowest BCUT2D eigenvalue weighted by Gasteiger charge is -2.27. The largest absolute Gasteiger partial charge is 0.376 e. The monoisotopic (exact) mass is 129 g/mol. The van der Waals surface area contributed by atoms with E-state index in [0.29, 0.717) is 19.8 Å². The minimum Gasteiger partial charge on any atom is -0.376 e. The van der Waals surface area contributed by atoms with Gasteiger partial charge in [-0.25, -0.2) is 0 Å². The minimum absolute atomic E-state index is 0.330. The standard InChI is InChI=1S/C6H9O3/c1-6(4-7)5-8-2-3-9-6/h2-3,5H2,1H3. The highest BCUT2D eigenvalue weighted by Crippen LogP contribution is 2.11. The molecule has 0 spiro atoms. The molecule has 1 aliphatic heterocycles. The van der Waals surface area contributed by atoms with E-state index in [4.69, 9.17) is 9.47 Å². The van der Waals surface area contributed by atoms with Gasteiger partial charge in [0.05, 0.1) is 19.8 Å². The molecule has 0 aliphatic carbocycles. The Morgan fingerprint density at radius 3 is 2.67 bits per heavy atom. The smallest absolute Gasteiger partial charge is 0.235 e. The summed E-state index contributed by atoms with van der Waals surface area (Å²) in [7, 11) is 0. The van der Waals surface area contributed by atoms with Crippen LogP contribution in [0.2, 0.25) is 0 Å². The number of hydrogen-bond donors (Lipinski definition) is 0. The van der Waals surface area contributed by atoms with Crippen molar-refractivity contribution in [2.24, 2.45) is 0 Å². The van der Waals surface area contributed by atoms with Crippen molar-refractivity contribution >= 4 is 6.29 Å². The van der Waals surface area contributed by atoms with Crippen LogP contribution in [-0.2, 0) is 14.3 Å². The number of rotatable bonds is 1. The van der Waals surface area contributed by atoms with Crippen LogP contribution < -0.4 is 0 Å². The van der Waals surface area contributed by atoms with Crippen molar-refractivity contribution in [2.75, 3.05) is 19.8 Å². The van der Waals surface area contributed by atoms with E-state index in [0.717, 1.165) is 0 Å². The molecule has 0 aromatic carbocycles. The third kappa shape index (κ3) is 1.50. The maximum absolute atomic E-state index is 10.2. The molecule has 1 saturated heterocycles. The first kappa shape index (κ1) is 6.71. The molecule has 0 saturated carbocycles. The van der Waals surface area contributed by atoms with Gasteiger partial charge in [-0.15, -0.1) is 0 Å². The molecule has 9 heavy (non-hydrogen) atoms. The highest BCUT2D eigenvalue weighted by atomic mass is 16.6. The fourth-order valence-electron chi connectivity index (χ4n) is 0.693. The summed E-state index contributed by atoms with van der Waals surface area (Å²) in [6, 6.07) is 0. The van der Waals surface area contributed by atoms with Gasteiger partial charge in [0, 0.05) is 0 Å².